The molecule has 1 rings (SSSR count). The minimum absolute atomic E-state index is 0.114. The molecule has 108 valence electrons. The molecule has 0 bridgehead atoms. The molecule has 0 aromatic heterocycles. The molecule has 1 heterocycles. The first-order chi connectivity index (χ1) is 8.95. The number of rotatable bonds is 4. The van der Waals surface area contributed by atoms with Crippen molar-refractivity contribution in [2.45, 2.75) is 12.5 Å². The molecule has 0 aliphatic carbocycles. The van der Waals surface area contributed by atoms with Crippen molar-refractivity contribution in [2.75, 3.05) is 40.4 Å². The van der Waals surface area contributed by atoms with Crippen LogP contribution in [0.3, 0.4) is 0 Å². The van der Waals surface area contributed by atoms with Gasteiger partial charge in [0.1, 0.15) is 0 Å². The number of hydrogen-bond donors (Lipinski definition) is 1. The smallest absolute Gasteiger partial charge is 0.336 e. The summed E-state index contributed by atoms with van der Waals surface area (Å²) in [6.07, 6.45) is -0.900. The molecule has 1 fully saturated rings. The van der Waals surface area contributed by atoms with Crippen LogP contribution in [0.25, 0.3) is 0 Å². The Hall–Kier alpha value is -1.83. The normalized spacial score (nSPS) is 18.8. The van der Waals surface area contributed by atoms with Gasteiger partial charge in [0.2, 0.25) is 0 Å². The first kappa shape index (κ1) is 15.2. The number of methoxy groups -OCH3 is 1. The molecule has 1 unspecified atom stereocenters. The third-order valence-electron chi connectivity index (χ3n) is 2.79. The number of carboxylic acid groups (broad SMARTS) is 1. The number of carbonyl (C=O) groups is 3. The second-order valence-electron chi connectivity index (χ2n) is 4.18. The lowest BCUT2D eigenvalue weighted by Crippen LogP contribution is -2.52. The van der Waals surface area contributed by atoms with Gasteiger partial charge >= 0.3 is 18.0 Å². The quantitative estimate of drug-likeness (QED) is 0.687. The van der Waals surface area contributed by atoms with E-state index >= 15 is 0 Å². The second-order valence-corrected chi connectivity index (χ2v) is 4.18. The molecule has 8 heteroatoms. The number of ether oxygens (including phenoxy) is 2. The van der Waals surface area contributed by atoms with E-state index in [2.05, 4.69) is 4.74 Å². The van der Waals surface area contributed by atoms with E-state index in [1.165, 1.54) is 24.0 Å². The number of carboxylic acids is 1. The van der Waals surface area contributed by atoms with Gasteiger partial charge in [0.05, 0.1) is 26.7 Å². The molecule has 1 aliphatic rings. The van der Waals surface area contributed by atoms with Gasteiger partial charge in [0.25, 0.3) is 0 Å². The Morgan fingerprint density at radius 2 is 2.16 bits per heavy atom. The first-order valence-electron chi connectivity index (χ1n) is 5.87. The summed E-state index contributed by atoms with van der Waals surface area (Å²) in [6, 6.07) is -0.321. The number of esters is 1. The zero-order chi connectivity index (χ0) is 14.4. The highest BCUT2D eigenvalue weighted by Crippen LogP contribution is 2.09. The molecule has 19 heavy (non-hydrogen) atoms. The Labute approximate surface area is 110 Å². The zero-order valence-corrected chi connectivity index (χ0v) is 11.0. The lowest BCUT2D eigenvalue weighted by molar-refractivity contribution is -0.158. The summed E-state index contributed by atoms with van der Waals surface area (Å²) in [5.74, 6) is -1.49. The molecule has 1 aliphatic heterocycles. The molecule has 1 saturated heterocycles. The summed E-state index contributed by atoms with van der Waals surface area (Å²) in [5, 5.41) is 8.57. The molecule has 0 spiro atoms. The summed E-state index contributed by atoms with van der Waals surface area (Å²) in [5.41, 5.74) is 0. The van der Waals surface area contributed by atoms with Gasteiger partial charge in [-0.3, -0.25) is 4.79 Å². The van der Waals surface area contributed by atoms with E-state index in [1.807, 2.05) is 0 Å². The van der Waals surface area contributed by atoms with Crippen LogP contribution in [0.2, 0.25) is 0 Å². The SMILES string of the molecule is COC(=O)C1CN(C(=O)N(C)CCC(=O)O)CCO1. The first-order valence-corrected chi connectivity index (χ1v) is 5.87. The number of urea groups is 1. The van der Waals surface area contributed by atoms with Crippen molar-refractivity contribution in [1.82, 2.24) is 9.80 Å². The number of morpholine rings is 1. The molecule has 1 N–H and O–H groups in total. The largest absolute Gasteiger partial charge is 0.481 e. The van der Waals surface area contributed by atoms with Crippen molar-refractivity contribution in [1.29, 1.82) is 0 Å². The standard InChI is InChI=1S/C11H18N2O6/c1-12(4-3-9(14)15)11(17)13-5-6-19-8(7-13)10(16)18-2/h8H,3-7H2,1-2H3,(H,14,15). The topological polar surface area (TPSA) is 96.4 Å². The van der Waals surface area contributed by atoms with Crippen molar-refractivity contribution in [3.05, 3.63) is 0 Å². The summed E-state index contributed by atoms with van der Waals surface area (Å²) in [4.78, 5) is 36.6. The van der Waals surface area contributed by atoms with Crippen molar-refractivity contribution in [3.63, 3.8) is 0 Å². The fourth-order valence-electron chi connectivity index (χ4n) is 1.70. The van der Waals surface area contributed by atoms with Gasteiger partial charge in [-0.15, -0.1) is 0 Å². The van der Waals surface area contributed by atoms with Crippen LogP contribution < -0.4 is 0 Å². The fourth-order valence-corrected chi connectivity index (χ4v) is 1.70. The van der Waals surface area contributed by atoms with E-state index in [0.29, 0.717) is 6.54 Å². The van der Waals surface area contributed by atoms with Gasteiger partial charge in [0, 0.05) is 20.1 Å². The molecular formula is C11H18N2O6. The third-order valence-corrected chi connectivity index (χ3v) is 2.79. The summed E-state index contributed by atoms with van der Waals surface area (Å²) in [6.45, 7) is 0.847. The van der Waals surface area contributed by atoms with Crippen LogP contribution >= 0.6 is 0 Å². The minimum Gasteiger partial charge on any atom is -0.481 e. The second kappa shape index (κ2) is 6.93. The molecule has 0 radical (unpaired) electrons. The molecule has 8 nitrogen and oxygen atoms in total. The minimum atomic E-state index is -0.964. The van der Waals surface area contributed by atoms with E-state index in [0.717, 1.165) is 0 Å². The van der Waals surface area contributed by atoms with Crippen LogP contribution in [0.1, 0.15) is 6.42 Å². The molecule has 0 saturated carbocycles. The van der Waals surface area contributed by atoms with Gasteiger partial charge in [-0.05, 0) is 0 Å². The Morgan fingerprint density at radius 3 is 2.74 bits per heavy atom. The van der Waals surface area contributed by atoms with Crippen LogP contribution in [0.15, 0.2) is 0 Å². The summed E-state index contributed by atoms with van der Waals surface area (Å²) in [7, 11) is 2.78. The van der Waals surface area contributed by atoms with Gasteiger partial charge in [-0.2, -0.15) is 0 Å². The Bertz CT molecular complexity index is 359. The monoisotopic (exact) mass is 274 g/mol. The summed E-state index contributed by atoms with van der Waals surface area (Å²) < 4.78 is 9.77. The number of nitrogens with zero attached hydrogens (tertiary/aromatic N) is 2. The lowest BCUT2D eigenvalue weighted by Gasteiger charge is -2.34. The van der Waals surface area contributed by atoms with E-state index in [4.69, 9.17) is 9.84 Å². The average Bonchev–Trinajstić information content (AvgIpc) is 2.43. The van der Waals surface area contributed by atoms with Gasteiger partial charge in [-0.1, -0.05) is 0 Å². The van der Waals surface area contributed by atoms with Crippen molar-refractivity contribution in [2.24, 2.45) is 0 Å². The van der Waals surface area contributed by atoms with Gasteiger partial charge < -0.3 is 24.4 Å². The maximum absolute atomic E-state index is 12.0. The highest BCUT2D eigenvalue weighted by atomic mass is 16.6. The highest BCUT2D eigenvalue weighted by Gasteiger charge is 2.31. The van der Waals surface area contributed by atoms with E-state index in [1.54, 1.807) is 0 Å². The highest BCUT2D eigenvalue weighted by molar-refractivity contribution is 5.78. The van der Waals surface area contributed by atoms with Crippen molar-refractivity contribution >= 4 is 18.0 Å². The number of carbonyl (C=O) groups excluding carboxylic acids is 2. The zero-order valence-electron chi connectivity index (χ0n) is 11.0. The van der Waals surface area contributed by atoms with Crippen LogP contribution in [0.4, 0.5) is 4.79 Å². The number of aliphatic carboxylic acids is 1. The van der Waals surface area contributed by atoms with Crippen LogP contribution in [-0.4, -0.2) is 79.4 Å². The van der Waals surface area contributed by atoms with E-state index < -0.39 is 18.0 Å². The number of amides is 2. The van der Waals surface area contributed by atoms with E-state index in [9.17, 15) is 14.4 Å². The van der Waals surface area contributed by atoms with Gasteiger partial charge in [-0.25, -0.2) is 9.59 Å². The molecule has 0 aromatic rings. The summed E-state index contributed by atoms with van der Waals surface area (Å²) >= 11 is 0. The predicted molar refractivity (Wildman–Crippen MR) is 63.6 cm³/mol. The lowest BCUT2D eigenvalue weighted by atomic mass is 10.3. The number of hydrogen-bond acceptors (Lipinski definition) is 5. The van der Waals surface area contributed by atoms with Crippen LogP contribution in [0.5, 0.6) is 0 Å². The Kier molecular flexibility index (Phi) is 5.56. The maximum atomic E-state index is 12.0. The van der Waals surface area contributed by atoms with Crippen LogP contribution in [0, 0.1) is 0 Å². The fraction of sp³-hybridized carbons (Fsp3) is 0.727. The molecule has 2 amide bonds. The van der Waals surface area contributed by atoms with Crippen molar-refractivity contribution < 1.29 is 29.0 Å². The molecular weight excluding hydrogens is 256 g/mol. The maximum Gasteiger partial charge on any atom is 0.336 e. The van der Waals surface area contributed by atoms with Crippen LogP contribution in [-0.2, 0) is 19.1 Å². The predicted octanol–water partition coefficient (Wildman–Crippen LogP) is -0.613. The Morgan fingerprint density at radius 1 is 1.47 bits per heavy atom. The molecule has 0 aromatic carbocycles. The van der Waals surface area contributed by atoms with Gasteiger partial charge in [0.15, 0.2) is 6.10 Å². The Balaban J connectivity index is 2.51. The van der Waals surface area contributed by atoms with Crippen molar-refractivity contribution in [3.8, 4) is 0 Å². The van der Waals surface area contributed by atoms with E-state index in [-0.39, 0.29) is 32.1 Å². The average molecular weight is 274 g/mol. The third kappa shape index (κ3) is 4.40. The molecule has 1 atom stereocenters.